The molecule has 0 bridgehead atoms. The Morgan fingerprint density at radius 2 is 1.44 bits per heavy atom. The average Bonchev–Trinajstić information content (AvgIpc) is 2.27. The van der Waals surface area contributed by atoms with Crippen LogP contribution in [0.3, 0.4) is 0 Å². The van der Waals surface area contributed by atoms with Crippen LogP contribution < -0.4 is 3.58 Å². The molecule has 0 aliphatic heterocycles. The summed E-state index contributed by atoms with van der Waals surface area (Å²) < 4.78 is 1.43. The molecule has 0 amide bonds. The van der Waals surface area contributed by atoms with Gasteiger partial charge < -0.3 is 0 Å². The first-order valence-electron chi connectivity index (χ1n) is 5.42. The van der Waals surface area contributed by atoms with Crippen LogP contribution in [0.2, 0.25) is 0 Å². The fourth-order valence-corrected chi connectivity index (χ4v) is 2.82. The average molecular weight is 316 g/mol. The number of allylic oxidation sites excluding steroid dienone is 3. The number of rotatable bonds is 6. The third-order valence-corrected chi connectivity index (χ3v) is 3.93. The van der Waals surface area contributed by atoms with E-state index in [1.54, 1.807) is 0 Å². The van der Waals surface area contributed by atoms with Crippen LogP contribution in [0.4, 0.5) is 0 Å². The second kappa shape index (κ2) is 6.74. The van der Waals surface area contributed by atoms with Crippen LogP contribution in [0.5, 0.6) is 0 Å². The summed E-state index contributed by atoms with van der Waals surface area (Å²) in [5.74, 6) is 0. The number of benzene rings is 1. The molecule has 0 aromatic heterocycles. The van der Waals surface area contributed by atoms with Gasteiger partial charge in [-0.1, -0.05) is 0 Å². The van der Waals surface area contributed by atoms with Crippen molar-refractivity contribution >= 4 is 26.1 Å². The third kappa shape index (κ3) is 3.11. The molecule has 0 atom stereocenters. The monoisotopic (exact) mass is 317 g/mol. The van der Waals surface area contributed by atoms with E-state index in [0.29, 0.717) is 0 Å². The van der Waals surface area contributed by atoms with Gasteiger partial charge in [-0.15, -0.1) is 0 Å². The molecule has 81 valence electrons. The molecular weight excluding hydrogens is 299 g/mol. The Bertz CT molecular complexity index is 402. The summed E-state index contributed by atoms with van der Waals surface area (Å²) in [5, 5.41) is 0. The number of hydrogen-bond donors (Lipinski definition) is 0. The van der Waals surface area contributed by atoms with Gasteiger partial charge in [-0.3, -0.25) is 0 Å². The van der Waals surface area contributed by atoms with Crippen LogP contribution in [0.1, 0.15) is 16.7 Å². The maximum absolute atomic E-state index is 3.84. The normalized spacial score (nSPS) is 9.81. The zero-order chi connectivity index (χ0) is 12.0. The third-order valence-electron chi connectivity index (χ3n) is 2.59. The predicted molar refractivity (Wildman–Crippen MR) is 73.5 cm³/mol. The van der Waals surface area contributed by atoms with E-state index in [2.05, 4.69) is 31.9 Å². The summed E-state index contributed by atoms with van der Waals surface area (Å²) in [6.45, 7) is 11.5. The van der Waals surface area contributed by atoms with E-state index in [0.717, 1.165) is 19.3 Å². The minimum absolute atomic E-state index is 0.934. The molecule has 0 saturated carbocycles. The minimum atomic E-state index is 0.934. The van der Waals surface area contributed by atoms with Crippen molar-refractivity contribution in [2.45, 2.75) is 19.3 Å². The molecule has 0 heterocycles. The van der Waals surface area contributed by atoms with E-state index >= 15 is 0 Å². The van der Waals surface area contributed by atoms with E-state index in [9.17, 15) is 0 Å². The van der Waals surface area contributed by atoms with Gasteiger partial charge >= 0.3 is 112 Å². The Balaban J connectivity index is 3.28. The van der Waals surface area contributed by atoms with Gasteiger partial charge in [-0.05, 0) is 0 Å². The van der Waals surface area contributed by atoms with Crippen LogP contribution in [0.15, 0.2) is 50.1 Å². The molecule has 1 aromatic rings. The summed E-state index contributed by atoms with van der Waals surface area (Å²) in [5.41, 5.74) is 4.23. The molecule has 1 heteroatoms. The predicted octanol–water partition coefficient (Wildman–Crippen LogP) is 2.67. The van der Waals surface area contributed by atoms with Crippen molar-refractivity contribution in [3.05, 3.63) is 66.8 Å². The summed E-state index contributed by atoms with van der Waals surface area (Å²) in [4.78, 5) is 0. The molecule has 0 nitrogen and oxygen atoms in total. The van der Waals surface area contributed by atoms with Crippen molar-refractivity contribution in [2.24, 2.45) is 0 Å². The summed E-state index contributed by atoms with van der Waals surface area (Å²) in [6.07, 6.45) is 8.74. The van der Waals surface area contributed by atoms with Crippen molar-refractivity contribution in [1.82, 2.24) is 0 Å². The molecule has 16 heavy (non-hydrogen) atoms. The van der Waals surface area contributed by atoms with Crippen molar-refractivity contribution in [2.75, 3.05) is 0 Å². The molecule has 0 spiro atoms. The van der Waals surface area contributed by atoms with Crippen molar-refractivity contribution in [3.8, 4) is 0 Å². The Labute approximate surface area is 112 Å². The first-order valence-corrected chi connectivity index (χ1v) is 6.85. The van der Waals surface area contributed by atoms with Crippen LogP contribution in [0.25, 0.3) is 0 Å². The zero-order valence-electron chi connectivity index (χ0n) is 9.63. The van der Waals surface area contributed by atoms with Gasteiger partial charge in [-0.25, -0.2) is 0 Å². The van der Waals surface area contributed by atoms with E-state index in [1.165, 1.54) is 42.8 Å². The van der Waals surface area contributed by atoms with E-state index in [1.807, 2.05) is 18.2 Å². The first-order chi connectivity index (χ1) is 7.74. The second-order valence-electron chi connectivity index (χ2n) is 3.71. The van der Waals surface area contributed by atoms with Crippen LogP contribution >= 0.6 is 0 Å². The molecule has 0 aliphatic carbocycles. The Morgan fingerprint density at radius 3 is 2.00 bits per heavy atom. The molecular formula is C15H17Sn. The van der Waals surface area contributed by atoms with Crippen LogP contribution in [-0.4, -0.2) is 22.5 Å². The van der Waals surface area contributed by atoms with Gasteiger partial charge in [0.05, 0.1) is 0 Å². The summed E-state index contributed by atoms with van der Waals surface area (Å²) in [6, 6.07) is 4.44. The molecule has 0 saturated heterocycles. The van der Waals surface area contributed by atoms with E-state index in [4.69, 9.17) is 0 Å². The van der Waals surface area contributed by atoms with Gasteiger partial charge in [0.15, 0.2) is 0 Å². The number of hydrogen-bond acceptors (Lipinski definition) is 0. The molecule has 1 aromatic carbocycles. The van der Waals surface area contributed by atoms with E-state index < -0.39 is 0 Å². The fourth-order valence-electron chi connectivity index (χ4n) is 1.86. The molecule has 0 aliphatic rings. The standard InChI is InChI=1S/C15H17.Sn/c1-4-8-13-11-7-12-14(9-5-2)15(13)10-6-3;/h4-7,11H,1-3,8-10H2;. The SMILES string of the molecule is C=CCc1cc[c]([Sn])c(CC=C)c1CC=C. The quantitative estimate of drug-likeness (QED) is 0.559. The summed E-state index contributed by atoms with van der Waals surface area (Å²) >= 11 is 1.46. The van der Waals surface area contributed by atoms with E-state index in [-0.39, 0.29) is 0 Å². The Kier molecular flexibility index (Phi) is 5.61. The molecule has 0 unspecified atom stereocenters. The Morgan fingerprint density at radius 1 is 0.875 bits per heavy atom. The Hall–Kier alpha value is -0.761. The topological polar surface area (TPSA) is 0 Å². The van der Waals surface area contributed by atoms with Gasteiger partial charge in [-0.2, -0.15) is 0 Å². The molecule has 0 fully saturated rings. The van der Waals surface area contributed by atoms with Crippen molar-refractivity contribution in [1.29, 1.82) is 0 Å². The van der Waals surface area contributed by atoms with Crippen molar-refractivity contribution in [3.63, 3.8) is 0 Å². The first kappa shape index (κ1) is 13.3. The summed E-state index contributed by atoms with van der Waals surface area (Å²) in [7, 11) is 0. The maximum atomic E-state index is 3.84. The molecule has 3 radical (unpaired) electrons. The molecule has 1 rings (SSSR count). The zero-order valence-corrected chi connectivity index (χ0v) is 12.5. The van der Waals surface area contributed by atoms with Gasteiger partial charge in [0.25, 0.3) is 0 Å². The van der Waals surface area contributed by atoms with Crippen LogP contribution in [-0.2, 0) is 19.3 Å². The van der Waals surface area contributed by atoms with Crippen molar-refractivity contribution < 1.29 is 0 Å². The second-order valence-corrected chi connectivity index (χ2v) is 5.25. The van der Waals surface area contributed by atoms with Gasteiger partial charge in [0, 0.05) is 0 Å². The fraction of sp³-hybridized carbons (Fsp3) is 0.200. The van der Waals surface area contributed by atoms with Gasteiger partial charge in [0.1, 0.15) is 0 Å². The van der Waals surface area contributed by atoms with Gasteiger partial charge in [0.2, 0.25) is 0 Å². The van der Waals surface area contributed by atoms with Crippen LogP contribution in [0, 0.1) is 0 Å². The molecule has 0 N–H and O–H groups in total.